The van der Waals surface area contributed by atoms with Crippen LogP contribution in [0.2, 0.25) is 0 Å². The lowest BCUT2D eigenvalue weighted by atomic mass is 9.89. The quantitative estimate of drug-likeness (QED) is 0.819. The molecule has 1 aliphatic rings. The molecule has 2 heteroatoms. The van der Waals surface area contributed by atoms with Crippen LogP contribution in [0.5, 0.6) is 0 Å². The molecular weight excluding hydrogens is 186 g/mol. The molecular formula is C13H21NO. The van der Waals surface area contributed by atoms with Gasteiger partial charge in [0.05, 0.1) is 6.54 Å². The number of nitrogens with one attached hydrogen (secondary N) is 1. The highest BCUT2D eigenvalue weighted by atomic mass is 16.3. The number of hydrogen-bond donors (Lipinski definition) is 1. The summed E-state index contributed by atoms with van der Waals surface area (Å²) in [6, 6.07) is 4.08. The fourth-order valence-corrected chi connectivity index (χ4v) is 2.37. The van der Waals surface area contributed by atoms with Gasteiger partial charge in [0, 0.05) is 0 Å². The maximum atomic E-state index is 5.51. The molecule has 0 unspecified atom stereocenters. The number of hydrogen-bond acceptors (Lipinski definition) is 2. The van der Waals surface area contributed by atoms with E-state index in [0.29, 0.717) is 0 Å². The van der Waals surface area contributed by atoms with Crippen LogP contribution in [0.15, 0.2) is 16.5 Å². The van der Waals surface area contributed by atoms with Gasteiger partial charge in [-0.3, -0.25) is 0 Å². The number of rotatable bonds is 4. The Morgan fingerprint density at radius 2 is 2.07 bits per heavy atom. The summed E-state index contributed by atoms with van der Waals surface area (Å²) in [5.41, 5.74) is 0. The van der Waals surface area contributed by atoms with Crippen molar-refractivity contribution in [1.82, 2.24) is 5.32 Å². The van der Waals surface area contributed by atoms with Crippen LogP contribution in [0.3, 0.4) is 0 Å². The minimum Gasteiger partial charge on any atom is -0.465 e. The molecule has 0 radical (unpaired) electrons. The Kier molecular flexibility index (Phi) is 3.84. The molecule has 1 N–H and O–H groups in total. The van der Waals surface area contributed by atoms with Gasteiger partial charge < -0.3 is 9.73 Å². The number of furan rings is 1. The van der Waals surface area contributed by atoms with Crippen molar-refractivity contribution in [2.24, 2.45) is 5.92 Å². The van der Waals surface area contributed by atoms with Crippen molar-refractivity contribution in [2.75, 3.05) is 6.54 Å². The minimum atomic E-state index is 0.879. The van der Waals surface area contributed by atoms with Crippen molar-refractivity contribution in [1.29, 1.82) is 0 Å². The summed E-state index contributed by atoms with van der Waals surface area (Å²) >= 11 is 0. The van der Waals surface area contributed by atoms with Gasteiger partial charge in [-0.2, -0.15) is 0 Å². The van der Waals surface area contributed by atoms with Gasteiger partial charge in [-0.25, -0.2) is 0 Å². The SMILES string of the molecule is Cc1ccc(CNCC2CCCCC2)o1. The molecule has 1 aliphatic carbocycles. The van der Waals surface area contributed by atoms with Crippen LogP contribution in [0, 0.1) is 12.8 Å². The summed E-state index contributed by atoms with van der Waals surface area (Å²) in [7, 11) is 0. The van der Waals surface area contributed by atoms with E-state index in [1.165, 1.54) is 32.1 Å². The average molecular weight is 207 g/mol. The summed E-state index contributed by atoms with van der Waals surface area (Å²) < 4.78 is 5.51. The molecule has 2 nitrogen and oxygen atoms in total. The van der Waals surface area contributed by atoms with Crippen LogP contribution in [-0.2, 0) is 6.54 Å². The molecule has 2 rings (SSSR count). The highest BCUT2D eigenvalue weighted by molar-refractivity contribution is 5.05. The minimum absolute atomic E-state index is 0.879. The van der Waals surface area contributed by atoms with Crippen molar-refractivity contribution in [3.63, 3.8) is 0 Å². The first-order valence-corrected chi connectivity index (χ1v) is 6.10. The van der Waals surface area contributed by atoms with Gasteiger partial charge in [0.1, 0.15) is 11.5 Å². The van der Waals surface area contributed by atoms with E-state index in [1.807, 2.05) is 13.0 Å². The zero-order valence-electron chi connectivity index (χ0n) is 9.59. The zero-order valence-corrected chi connectivity index (χ0v) is 9.59. The summed E-state index contributed by atoms with van der Waals surface area (Å²) in [5.74, 6) is 2.96. The van der Waals surface area contributed by atoms with Gasteiger partial charge in [-0.05, 0) is 44.4 Å². The molecule has 0 atom stereocenters. The molecule has 15 heavy (non-hydrogen) atoms. The second kappa shape index (κ2) is 5.36. The lowest BCUT2D eigenvalue weighted by Gasteiger charge is -2.21. The Morgan fingerprint density at radius 3 is 2.73 bits per heavy atom. The van der Waals surface area contributed by atoms with Gasteiger partial charge in [0.2, 0.25) is 0 Å². The normalized spacial score (nSPS) is 18.2. The average Bonchev–Trinajstić information content (AvgIpc) is 2.66. The molecule has 0 amide bonds. The van der Waals surface area contributed by atoms with Crippen molar-refractivity contribution >= 4 is 0 Å². The molecule has 1 saturated carbocycles. The fraction of sp³-hybridized carbons (Fsp3) is 0.692. The van der Waals surface area contributed by atoms with Gasteiger partial charge in [0.15, 0.2) is 0 Å². The van der Waals surface area contributed by atoms with E-state index in [4.69, 9.17) is 4.42 Å². The molecule has 0 aromatic carbocycles. The Hall–Kier alpha value is -0.760. The third-order valence-electron chi connectivity index (χ3n) is 3.25. The van der Waals surface area contributed by atoms with Crippen LogP contribution < -0.4 is 5.32 Å². The van der Waals surface area contributed by atoms with E-state index in [1.54, 1.807) is 0 Å². The molecule has 0 spiro atoms. The van der Waals surface area contributed by atoms with E-state index in [2.05, 4.69) is 11.4 Å². The predicted octanol–water partition coefficient (Wildman–Crippen LogP) is 3.26. The first kappa shape index (κ1) is 10.7. The first-order chi connectivity index (χ1) is 7.34. The van der Waals surface area contributed by atoms with Crippen molar-refractivity contribution in [2.45, 2.75) is 45.6 Å². The van der Waals surface area contributed by atoms with Crippen LogP contribution in [0.4, 0.5) is 0 Å². The summed E-state index contributed by atoms with van der Waals surface area (Å²) in [6.45, 7) is 4.02. The summed E-state index contributed by atoms with van der Waals surface area (Å²) in [5, 5.41) is 3.49. The Labute approximate surface area is 92.1 Å². The Bertz CT molecular complexity index is 286. The van der Waals surface area contributed by atoms with Crippen molar-refractivity contribution in [3.8, 4) is 0 Å². The molecule has 1 aromatic heterocycles. The van der Waals surface area contributed by atoms with Crippen LogP contribution >= 0.6 is 0 Å². The largest absolute Gasteiger partial charge is 0.465 e. The summed E-state index contributed by atoms with van der Waals surface area (Å²) in [6.07, 6.45) is 7.10. The highest BCUT2D eigenvalue weighted by Crippen LogP contribution is 2.22. The fourth-order valence-electron chi connectivity index (χ4n) is 2.37. The maximum Gasteiger partial charge on any atom is 0.117 e. The first-order valence-electron chi connectivity index (χ1n) is 6.10. The lowest BCUT2D eigenvalue weighted by Crippen LogP contribution is -2.23. The van der Waals surface area contributed by atoms with E-state index in [0.717, 1.165) is 30.5 Å². The van der Waals surface area contributed by atoms with E-state index < -0.39 is 0 Å². The third kappa shape index (κ3) is 3.38. The molecule has 1 heterocycles. The molecule has 1 aromatic rings. The molecule has 0 bridgehead atoms. The van der Waals surface area contributed by atoms with Gasteiger partial charge in [-0.1, -0.05) is 19.3 Å². The highest BCUT2D eigenvalue weighted by Gasteiger charge is 2.12. The molecule has 0 aliphatic heterocycles. The zero-order chi connectivity index (χ0) is 10.5. The molecule has 1 fully saturated rings. The van der Waals surface area contributed by atoms with Crippen LogP contribution in [0.25, 0.3) is 0 Å². The van der Waals surface area contributed by atoms with Crippen molar-refractivity contribution in [3.05, 3.63) is 23.7 Å². The molecule has 84 valence electrons. The van der Waals surface area contributed by atoms with E-state index in [9.17, 15) is 0 Å². The van der Waals surface area contributed by atoms with E-state index >= 15 is 0 Å². The lowest BCUT2D eigenvalue weighted by molar-refractivity contribution is 0.336. The van der Waals surface area contributed by atoms with Gasteiger partial charge in [-0.15, -0.1) is 0 Å². The standard InChI is InChI=1S/C13H21NO/c1-11-7-8-13(15-11)10-14-9-12-5-3-2-4-6-12/h7-8,12,14H,2-6,9-10H2,1H3. The van der Waals surface area contributed by atoms with Gasteiger partial charge >= 0.3 is 0 Å². The Balaban J connectivity index is 1.65. The Morgan fingerprint density at radius 1 is 1.27 bits per heavy atom. The molecule has 0 saturated heterocycles. The second-order valence-corrected chi connectivity index (χ2v) is 4.65. The smallest absolute Gasteiger partial charge is 0.117 e. The topological polar surface area (TPSA) is 25.2 Å². The maximum absolute atomic E-state index is 5.51. The monoisotopic (exact) mass is 207 g/mol. The second-order valence-electron chi connectivity index (χ2n) is 4.65. The van der Waals surface area contributed by atoms with E-state index in [-0.39, 0.29) is 0 Å². The van der Waals surface area contributed by atoms with Crippen LogP contribution in [0.1, 0.15) is 43.6 Å². The van der Waals surface area contributed by atoms with Crippen LogP contribution in [-0.4, -0.2) is 6.54 Å². The van der Waals surface area contributed by atoms with Crippen molar-refractivity contribution < 1.29 is 4.42 Å². The summed E-state index contributed by atoms with van der Waals surface area (Å²) in [4.78, 5) is 0. The number of aryl methyl sites for hydroxylation is 1. The van der Waals surface area contributed by atoms with Gasteiger partial charge in [0.25, 0.3) is 0 Å². The third-order valence-corrected chi connectivity index (χ3v) is 3.25. The predicted molar refractivity (Wildman–Crippen MR) is 61.7 cm³/mol.